The third-order valence-corrected chi connectivity index (χ3v) is 6.24. The van der Waals surface area contributed by atoms with Crippen molar-refractivity contribution in [3.8, 4) is 0 Å². The molecule has 2 fully saturated rings. The van der Waals surface area contributed by atoms with Gasteiger partial charge in [0.2, 0.25) is 16.0 Å². The molecule has 1 aromatic rings. The van der Waals surface area contributed by atoms with Crippen LogP contribution in [0.3, 0.4) is 0 Å². The van der Waals surface area contributed by atoms with Crippen LogP contribution in [0.5, 0.6) is 0 Å². The molecule has 2 heterocycles. The minimum absolute atomic E-state index is 0.138. The van der Waals surface area contributed by atoms with E-state index in [1.165, 1.54) is 0 Å². The van der Waals surface area contributed by atoms with Crippen molar-refractivity contribution in [2.75, 3.05) is 31.1 Å². The van der Waals surface area contributed by atoms with Crippen LogP contribution < -0.4 is 4.90 Å². The largest absolute Gasteiger partial charge is 0.339 e. The molecule has 1 aliphatic carbocycles. The molecule has 3 rings (SSSR count). The Kier molecular flexibility index (Phi) is 3.83. The van der Waals surface area contributed by atoms with Crippen LogP contribution in [0, 0.1) is 0 Å². The van der Waals surface area contributed by atoms with Crippen LogP contribution in [0.4, 0.5) is 5.95 Å². The quantitative estimate of drug-likeness (QED) is 0.836. The minimum atomic E-state index is -3.08. The van der Waals surface area contributed by atoms with Gasteiger partial charge in [-0.3, -0.25) is 0 Å². The molecule has 1 saturated heterocycles. The minimum Gasteiger partial charge on any atom is -0.339 e. The van der Waals surface area contributed by atoms with E-state index in [1.807, 2.05) is 4.90 Å². The van der Waals surface area contributed by atoms with Gasteiger partial charge in [0.25, 0.3) is 0 Å². The topological polar surface area (TPSA) is 66.4 Å². The van der Waals surface area contributed by atoms with Crippen molar-refractivity contribution < 1.29 is 8.42 Å². The molecule has 6 nitrogen and oxygen atoms in total. The Morgan fingerprint density at radius 1 is 1.10 bits per heavy atom. The zero-order valence-electron chi connectivity index (χ0n) is 11.1. The summed E-state index contributed by atoms with van der Waals surface area (Å²) in [5.41, 5.74) is 0. The molecule has 0 unspecified atom stereocenters. The van der Waals surface area contributed by atoms with Gasteiger partial charge < -0.3 is 4.90 Å². The highest BCUT2D eigenvalue weighted by Crippen LogP contribution is 2.31. The highest BCUT2D eigenvalue weighted by molar-refractivity contribution is 7.90. The molecule has 0 aromatic carbocycles. The molecule has 0 radical (unpaired) electrons. The first-order valence-corrected chi connectivity index (χ1v) is 8.67. The molecule has 0 N–H and O–H groups in total. The average molecular weight is 317 g/mol. The van der Waals surface area contributed by atoms with Crippen LogP contribution in [-0.4, -0.2) is 54.1 Å². The van der Waals surface area contributed by atoms with Gasteiger partial charge in [-0.15, -0.1) is 0 Å². The number of aromatic nitrogens is 2. The van der Waals surface area contributed by atoms with E-state index in [2.05, 4.69) is 9.97 Å². The van der Waals surface area contributed by atoms with E-state index in [0.717, 1.165) is 25.8 Å². The van der Waals surface area contributed by atoms with Gasteiger partial charge in [-0.2, -0.15) is 4.31 Å². The smallest absolute Gasteiger partial charge is 0.225 e. The molecule has 1 saturated carbocycles. The van der Waals surface area contributed by atoms with Crippen LogP contribution in [-0.2, 0) is 10.0 Å². The second-order valence-corrected chi connectivity index (χ2v) is 7.83. The van der Waals surface area contributed by atoms with Crippen molar-refractivity contribution in [1.82, 2.24) is 14.3 Å². The van der Waals surface area contributed by atoms with Crippen LogP contribution in [0.15, 0.2) is 12.4 Å². The molecular weight excluding hydrogens is 300 g/mol. The van der Waals surface area contributed by atoms with Crippen molar-refractivity contribution in [2.24, 2.45) is 0 Å². The predicted octanol–water partition coefficient (Wildman–Crippen LogP) is 1.13. The maximum atomic E-state index is 12.2. The fourth-order valence-electron chi connectivity index (χ4n) is 2.39. The van der Waals surface area contributed by atoms with Gasteiger partial charge in [0.15, 0.2) is 0 Å². The summed E-state index contributed by atoms with van der Waals surface area (Å²) in [6.07, 6.45) is 5.53. The molecule has 110 valence electrons. The van der Waals surface area contributed by atoms with E-state index in [-0.39, 0.29) is 5.25 Å². The van der Waals surface area contributed by atoms with Gasteiger partial charge in [-0.1, -0.05) is 11.6 Å². The van der Waals surface area contributed by atoms with Gasteiger partial charge in [0, 0.05) is 26.2 Å². The standard InChI is InChI=1S/C12H17ClN4O2S/c13-10-8-14-12(15-9-10)16-4-1-5-17(7-6-16)20(18,19)11-2-3-11/h8-9,11H,1-7H2. The lowest BCUT2D eigenvalue weighted by Gasteiger charge is -2.21. The van der Waals surface area contributed by atoms with Crippen LogP contribution in [0.2, 0.25) is 5.02 Å². The third-order valence-electron chi connectivity index (χ3n) is 3.65. The summed E-state index contributed by atoms with van der Waals surface area (Å²) in [5.74, 6) is 0.611. The number of rotatable bonds is 3. The van der Waals surface area contributed by atoms with E-state index in [1.54, 1.807) is 16.7 Å². The SMILES string of the molecule is O=S(=O)(C1CC1)N1CCCN(c2ncc(Cl)cn2)CC1. The molecule has 0 bridgehead atoms. The summed E-state index contributed by atoms with van der Waals surface area (Å²) < 4.78 is 26.1. The Hall–Kier alpha value is -0.920. The van der Waals surface area contributed by atoms with E-state index in [4.69, 9.17) is 11.6 Å². The van der Waals surface area contributed by atoms with Gasteiger partial charge in [-0.25, -0.2) is 18.4 Å². The van der Waals surface area contributed by atoms with Gasteiger partial charge >= 0.3 is 0 Å². The van der Waals surface area contributed by atoms with Crippen LogP contribution in [0.1, 0.15) is 19.3 Å². The fraction of sp³-hybridized carbons (Fsp3) is 0.667. The predicted molar refractivity (Wildman–Crippen MR) is 77.4 cm³/mol. The highest BCUT2D eigenvalue weighted by atomic mass is 35.5. The number of halogens is 1. The molecule has 1 aromatic heterocycles. The Morgan fingerprint density at radius 2 is 1.80 bits per heavy atom. The van der Waals surface area contributed by atoms with Crippen LogP contribution >= 0.6 is 11.6 Å². The molecular formula is C12H17ClN4O2S. The van der Waals surface area contributed by atoms with Crippen molar-refractivity contribution in [3.05, 3.63) is 17.4 Å². The molecule has 20 heavy (non-hydrogen) atoms. The molecule has 0 atom stereocenters. The molecule has 2 aliphatic rings. The maximum Gasteiger partial charge on any atom is 0.225 e. The van der Waals surface area contributed by atoms with Gasteiger partial charge in [0.05, 0.1) is 22.7 Å². The number of hydrogen-bond acceptors (Lipinski definition) is 5. The van der Waals surface area contributed by atoms with Crippen molar-refractivity contribution in [3.63, 3.8) is 0 Å². The fourth-order valence-corrected chi connectivity index (χ4v) is 4.36. The van der Waals surface area contributed by atoms with Gasteiger partial charge in [-0.05, 0) is 19.3 Å². The van der Waals surface area contributed by atoms with Crippen molar-refractivity contribution in [1.29, 1.82) is 0 Å². The van der Waals surface area contributed by atoms with E-state index in [9.17, 15) is 8.42 Å². The normalized spacial score (nSPS) is 21.8. The third kappa shape index (κ3) is 2.89. The first kappa shape index (κ1) is 14.0. The van der Waals surface area contributed by atoms with E-state index >= 15 is 0 Å². The van der Waals surface area contributed by atoms with E-state index < -0.39 is 10.0 Å². The van der Waals surface area contributed by atoms with Crippen molar-refractivity contribution >= 4 is 27.6 Å². The average Bonchev–Trinajstić information content (AvgIpc) is 3.26. The summed E-state index contributed by atoms with van der Waals surface area (Å²) >= 11 is 5.78. The molecule has 1 aliphatic heterocycles. The maximum absolute atomic E-state index is 12.2. The Bertz CT molecular complexity index is 574. The zero-order chi connectivity index (χ0) is 14.2. The van der Waals surface area contributed by atoms with Crippen molar-refractivity contribution in [2.45, 2.75) is 24.5 Å². The second kappa shape index (κ2) is 5.46. The summed E-state index contributed by atoms with van der Waals surface area (Å²) in [6.45, 7) is 2.47. The summed E-state index contributed by atoms with van der Waals surface area (Å²) in [4.78, 5) is 10.4. The lowest BCUT2D eigenvalue weighted by molar-refractivity contribution is 0.432. The summed E-state index contributed by atoms with van der Waals surface area (Å²) in [7, 11) is -3.08. The Balaban J connectivity index is 1.69. The second-order valence-electron chi connectivity index (χ2n) is 5.19. The van der Waals surface area contributed by atoms with Gasteiger partial charge in [0.1, 0.15) is 0 Å². The number of sulfonamides is 1. The molecule has 0 spiro atoms. The Labute approximate surface area is 123 Å². The summed E-state index contributed by atoms with van der Waals surface area (Å²) in [5, 5.41) is 0.363. The first-order chi connectivity index (χ1) is 9.57. The lowest BCUT2D eigenvalue weighted by atomic mass is 10.4. The zero-order valence-corrected chi connectivity index (χ0v) is 12.6. The number of nitrogens with zero attached hydrogens (tertiary/aromatic N) is 4. The molecule has 8 heteroatoms. The highest BCUT2D eigenvalue weighted by Gasteiger charge is 2.40. The van der Waals surface area contributed by atoms with Crippen LogP contribution in [0.25, 0.3) is 0 Å². The number of hydrogen-bond donors (Lipinski definition) is 0. The first-order valence-electron chi connectivity index (χ1n) is 6.79. The lowest BCUT2D eigenvalue weighted by Crippen LogP contribution is -2.37. The molecule has 0 amide bonds. The summed E-state index contributed by atoms with van der Waals surface area (Å²) in [6, 6.07) is 0. The van der Waals surface area contributed by atoms with E-state index in [0.29, 0.717) is 30.6 Å². The Morgan fingerprint density at radius 3 is 2.45 bits per heavy atom. The number of anilines is 1. The monoisotopic (exact) mass is 316 g/mol.